The van der Waals surface area contributed by atoms with Crippen molar-refractivity contribution in [3.8, 4) is 5.75 Å². The largest absolute Gasteiger partial charge is 0.482 e. The Labute approximate surface area is 158 Å². The van der Waals surface area contributed by atoms with Crippen LogP contribution in [0.15, 0.2) is 35.6 Å². The highest BCUT2D eigenvalue weighted by molar-refractivity contribution is 5.97. The quantitative estimate of drug-likeness (QED) is 0.422. The van der Waals surface area contributed by atoms with Gasteiger partial charge < -0.3 is 20.3 Å². The SMILES string of the molecule is CCNC(=NCc1ncnn1C)NCCCN1C(=O)COc2ccccc21. The van der Waals surface area contributed by atoms with E-state index in [1.54, 1.807) is 9.58 Å². The summed E-state index contributed by atoms with van der Waals surface area (Å²) in [5.74, 6) is 2.25. The normalized spacial score (nSPS) is 13.9. The number of carbonyl (C=O) groups is 1. The molecule has 9 heteroatoms. The van der Waals surface area contributed by atoms with Gasteiger partial charge in [-0.25, -0.2) is 9.98 Å². The first-order chi connectivity index (χ1) is 13.2. The first-order valence-corrected chi connectivity index (χ1v) is 9.06. The molecule has 0 bridgehead atoms. The number of guanidine groups is 1. The van der Waals surface area contributed by atoms with Crippen LogP contribution in [0.2, 0.25) is 0 Å². The molecule has 1 aliphatic heterocycles. The van der Waals surface area contributed by atoms with Gasteiger partial charge in [0.25, 0.3) is 5.91 Å². The molecule has 1 amide bonds. The van der Waals surface area contributed by atoms with Crippen molar-refractivity contribution in [1.29, 1.82) is 0 Å². The molecule has 3 rings (SSSR count). The Bertz CT molecular complexity index is 803. The molecule has 2 aromatic rings. The lowest BCUT2D eigenvalue weighted by Gasteiger charge is -2.29. The predicted octanol–water partition coefficient (Wildman–Crippen LogP) is 0.686. The van der Waals surface area contributed by atoms with Crippen LogP contribution < -0.4 is 20.3 Å². The average molecular weight is 371 g/mol. The number of hydrogen-bond donors (Lipinski definition) is 2. The van der Waals surface area contributed by atoms with E-state index in [2.05, 4.69) is 25.7 Å². The molecule has 2 N–H and O–H groups in total. The van der Waals surface area contributed by atoms with E-state index in [1.165, 1.54) is 6.33 Å². The van der Waals surface area contributed by atoms with Gasteiger partial charge in [0.2, 0.25) is 0 Å². The third-order valence-corrected chi connectivity index (χ3v) is 4.19. The minimum absolute atomic E-state index is 0.0171. The number of anilines is 1. The number of aromatic nitrogens is 3. The number of para-hydroxylation sites is 2. The summed E-state index contributed by atoms with van der Waals surface area (Å²) in [6.45, 7) is 4.63. The van der Waals surface area contributed by atoms with E-state index in [0.29, 0.717) is 25.6 Å². The zero-order valence-electron chi connectivity index (χ0n) is 15.7. The third kappa shape index (κ3) is 4.75. The molecular weight excluding hydrogens is 346 g/mol. The number of fused-ring (bicyclic) bond motifs is 1. The highest BCUT2D eigenvalue weighted by Crippen LogP contribution is 2.31. The molecule has 0 saturated carbocycles. The number of amides is 1. The fraction of sp³-hybridized carbons (Fsp3) is 0.444. The molecule has 0 spiro atoms. The van der Waals surface area contributed by atoms with Crippen LogP contribution in [0.4, 0.5) is 5.69 Å². The minimum Gasteiger partial charge on any atom is -0.482 e. The molecule has 0 unspecified atom stereocenters. The Morgan fingerprint density at radius 2 is 2.19 bits per heavy atom. The molecule has 0 aliphatic carbocycles. The standard InChI is InChI=1S/C18H25N7O2/c1-3-19-18(21-11-16-22-13-23-24(16)2)20-9-6-10-25-14-7-4-5-8-15(14)27-12-17(25)26/h4-5,7-8,13H,3,6,9-12H2,1-2H3,(H2,19,20,21). The summed E-state index contributed by atoms with van der Waals surface area (Å²) in [6, 6.07) is 7.61. The summed E-state index contributed by atoms with van der Waals surface area (Å²) in [7, 11) is 1.84. The number of nitrogens with zero attached hydrogens (tertiary/aromatic N) is 5. The van der Waals surface area contributed by atoms with Crippen LogP contribution >= 0.6 is 0 Å². The van der Waals surface area contributed by atoms with Gasteiger partial charge in [-0.15, -0.1) is 0 Å². The van der Waals surface area contributed by atoms with Crippen LogP contribution in [0.1, 0.15) is 19.2 Å². The van der Waals surface area contributed by atoms with Crippen LogP contribution in [-0.2, 0) is 18.4 Å². The second-order valence-electron chi connectivity index (χ2n) is 6.08. The van der Waals surface area contributed by atoms with Crippen molar-refractivity contribution in [2.24, 2.45) is 12.0 Å². The van der Waals surface area contributed by atoms with Crippen molar-refractivity contribution in [1.82, 2.24) is 25.4 Å². The van der Waals surface area contributed by atoms with Crippen LogP contribution in [0.3, 0.4) is 0 Å². The van der Waals surface area contributed by atoms with Gasteiger partial charge in [-0.3, -0.25) is 9.48 Å². The molecule has 1 aromatic heterocycles. The van der Waals surface area contributed by atoms with E-state index >= 15 is 0 Å². The van der Waals surface area contributed by atoms with Gasteiger partial charge in [0.15, 0.2) is 12.6 Å². The molecule has 0 saturated heterocycles. The van der Waals surface area contributed by atoms with Gasteiger partial charge in [0.1, 0.15) is 24.4 Å². The predicted molar refractivity (Wildman–Crippen MR) is 103 cm³/mol. The maximum Gasteiger partial charge on any atom is 0.265 e. The molecule has 0 atom stereocenters. The lowest BCUT2D eigenvalue weighted by atomic mass is 10.2. The number of nitrogens with one attached hydrogen (secondary N) is 2. The second-order valence-corrected chi connectivity index (χ2v) is 6.08. The van der Waals surface area contributed by atoms with Gasteiger partial charge in [-0.2, -0.15) is 5.10 Å². The molecule has 1 aromatic carbocycles. The van der Waals surface area contributed by atoms with Gasteiger partial charge in [-0.05, 0) is 25.5 Å². The van der Waals surface area contributed by atoms with Crippen molar-refractivity contribution in [3.05, 3.63) is 36.4 Å². The van der Waals surface area contributed by atoms with E-state index in [-0.39, 0.29) is 12.5 Å². The minimum atomic E-state index is -0.0171. The van der Waals surface area contributed by atoms with Crippen molar-refractivity contribution in [2.45, 2.75) is 19.9 Å². The lowest BCUT2D eigenvalue weighted by Crippen LogP contribution is -2.42. The third-order valence-electron chi connectivity index (χ3n) is 4.19. The molecule has 1 aliphatic rings. The summed E-state index contributed by atoms with van der Waals surface area (Å²) < 4.78 is 7.17. The highest BCUT2D eigenvalue weighted by atomic mass is 16.5. The first-order valence-electron chi connectivity index (χ1n) is 9.06. The zero-order valence-corrected chi connectivity index (χ0v) is 15.7. The van der Waals surface area contributed by atoms with Crippen molar-refractivity contribution >= 4 is 17.6 Å². The van der Waals surface area contributed by atoms with Crippen LogP contribution in [0.25, 0.3) is 0 Å². The van der Waals surface area contributed by atoms with E-state index in [9.17, 15) is 4.79 Å². The fourth-order valence-electron chi connectivity index (χ4n) is 2.80. The molecule has 27 heavy (non-hydrogen) atoms. The molecule has 2 heterocycles. The smallest absolute Gasteiger partial charge is 0.265 e. The Morgan fingerprint density at radius 3 is 2.96 bits per heavy atom. The zero-order chi connectivity index (χ0) is 19.1. The van der Waals surface area contributed by atoms with Crippen molar-refractivity contribution in [2.75, 3.05) is 31.1 Å². The Kier molecular flexibility index (Phi) is 6.24. The molecule has 9 nitrogen and oxygen atoms in total. The summed E-state index contributed by atoms with van der Waals surface area (Å²) in [5.41, 5.74) is 0.830. The van der Waals surface area contributed by atoms with E-state index in [4.69, 9.17) is 4.74 Å². The number of aryl methyl sites for hydroxylation is 1. The number of aliphatic imine (C=N–C) groups is 1. The summed E-state index contributed by atoms with van der Waals surface area (Å²) >= 11 is 0. The summed E-state index contributed by atoms with van der Waals surface area (Å²) in [6.07, 6.45) is 2.30. The van der Waals surface area contributed by atoms with Gasteiger partial charge in [0, 0.05) is 26.7 Å². The number of benzene rings is 1. The number of carbonyl (C=O) groups excluding carboxylic acids is 1. The second kappa shape index (κ2) is 9.02. The van der Waals surface area contributed by atoms with Gasteiger partial charge in [-0.1, -0.05) is 12.1 Å². The number of rotatable bonds is 7. The maximum absolute atomic E-state index is 12.2. The number of ether oxygens (including phenoxy) is 1. The molecule has 0 radical (unpaired) electrons. The average Bonchev–Trinajstić information content (AvgIpc) is 3.09. The van der Waals surface area contributed by atoms with Crippen molar-refractivity contribution in [3.63, 3.8) is 0 Å². The van der Waals surface area contributed by atoms with Crippen LogP contribution in [0.5, 0.6) is 5.75 Å². The van der Waals surface area contributed by atoms with Gasteiger partial charge in [0.05, 0.1) is 5.69 Å². The Hall–Kier alpha value is -3.10. The topological polar surface area (TPSA) is 96.7 Å². The van der Waals surface area contributed by atoms with E-state index < -0.39 is 0 Å². The van der Waals surface area contributed by atoms with Gasteiger partial charge >= 0.3 is 0 Å². The number of hydrogen-bond acceptors (Lipinski definition) is 5. The Morgan fingerprint density at radius 1 is 1.33 bits per heavy atom. The molecule has 144 valence electrons. The highest BCUT2D eigenvalue weighted by Gasteiger charge is 2.24. The monoisotopic (exact) mass is 371 g/mol. The fourth-order valence-corrected chi connectivity index (χ4v) is 2.80. The van der Waals surface area contributed by atoms with Crippen LogP contribution in [0, 0.1) is 0 Å². The first kappa shape index (κ1) is 18.7. The Balaban J connectivity index is 1.52. The molecule has 0 fully saturated rings. The lowest BCUT2D eigenvalue weighted by molar-refractivity contribution is -0.121. The van der Waals surface area contributed by atoms with Crippen LogP contribution in [-0.4, -0.2) is 52.9 Å². The summed E-state index contributed by atoms with van der Waals surface area (Å²) in [5, 5.41) is 10.5. The van der Waals surface area contributed by atoms with E-state index in [1.807, 2.05) is 38.2 Å². The van der Waals surface area contributed by atoms with E-state index in [0.717, 1.165) is 30.2 Å². The maximum atomic E-state index is 12.2. The summed E-state index contributed by atoms with van der Waals surface area (Å²) in [4.78, 5) is 22.7. The van der Waals surface area contributed by atoms with Crippen molar-refractivity contribution < 1.29 is 9.53 Å². The molecular formula is C18H25N7O2.